The van der Waals surface area contributed by atoms with Gasteiger partial charge in [-0.25, -0.2) is 0 Å². The van der Waals surface area contributed by atoms with Gasteiger partial charge in [0.15, 0.2) is 0 Å². The van der Waals surface area contributed by atoms with Crippen molar-refractivity contribution in [2.45, 2.75) is 44.7 Å². The number of anilines is 3. The van der Waals surface area contributed by atoms with Crippen LogP contribution in [0.1, 0.15) is 38.7 Å². The Morgan fingerprint density at radius 3 is 2.60 bits per heavy atom. The van der Waals surface area contributed by atoms with Gasteiger partial charge in [0.05, 0.1) is 16.8 Å². The molecule has 0 saturated carbocycles. The van der Waals surface area contributed by atoms with Crippen LogP contribution in [0, 0.1) is 0 Å². The van der Waals surface area contributed by atoms with Crippen LogP contribution in [0.25, 0.3) is 0 Å². The second-order valence-electron chi connectivity index (χ2n) is 6.42. The third-order valence-electron chi connectivity index (χ3n) is 4.69. The van der Waals surface area contributed by atoms with Crippen LogP contribution >= 0.6 is 0 Å². The highest BCUT2D eigenvalue weighted by molar-refractivity contribution is 6.07. The van der Waals surface area contributed by atoms with Gasteiger partial charge in [-0.05, 0) is 56.4 Å². The van der Waals surface area contributed by atoms with E-state index in [1.807, 2.05) is 13.8 Å². The van der Waals surface area contributed by atoms with Crippen LogP contribution in [-0.4, -0.2) is 12.1 Å². The molecular formula is C16H19N3O. The van der Waals surface area contributed by atoms with Crippen LogP contribution in [0.3, 0.4) is 0 Å². The van der Waals surface area contributed by atoms with Gasteiger partial charge in [-0.2, -0.15) is 0 Å². The summed E-state index contributed by atoms with van der Waals surface area (Å²) >= 11 is 0. The summed E-state index contributed by atoms with van der Waals surface area (Å²) in [5.41, 5.74) is 5.21. The molecule has 0 spiro atoms. The summed E-state index contributed by atoms with van der Waals surface area (Å²) < 4.78 is 0. The number of allylic oxidation sites excluding steroid dienone is 1. The molecule has 4 heteroatoms. The lowest BCUT2D eigenvalue weighted by molar-refractivity contribution is -0.119. The normalized spacial score (nSPS) is 25.4. The fourth-order valence-electron chi connectivity index (χ4n) is 3.35. The summed E-state index contributed by atoms with van der Waals surface area (Å²) in [6.07, 6.45) is 6.15. The molecule has 3 N–H and O–H groups in total. The molecule has 1 amide bonds. The number of fused-ring (bicyclic) bond motifs is 2. The van der Waals surface area contributed by atoms with Crippen molar-refractivity contribution in [2.24, 2.45) is 0 Å². The average molecular weight is 269 g/mol. The van der Waals surface area contributed by atoms with Gasteiger partial charge in [-0.15, -0.1) is 0 Å². The van der Waals surface area contributed by atoms with Crippen molar-refractivity contribution in [3.05, 3.63) is 29.3 Å². The number of nitrogens with one attached hydrogen (secondary N) is 3. The second kappa shape index (κ2) is 3.78. The van der Waals surface area contributed by atoms with Gasteiger partial charge in [0.25, 0.3) is 0 Å². The Morgan fingerprint density at radius 2 is 1.90 bits per heavy atom. The van der Waals surface area contributed by atoms with Gasteiger partial charge in [0.2, 0.25) is 5.91 Å². The molecule has 20 heavy (non-hydrogen) atoms. The van der Waals surface area contributed by atoms with Gasteiger partial charge in [0, 0.05) is 5.69 Å². The van der Waals surface area contributed by atoms with Gasteiger partial charge < -0.3 is 16.0 Å². The summed E-state index contributed by atoms with van der Waals surface area (Å²) in [6, 6.07) is 4.17. The molecule has 104 valence electrons. The summed E-state index contributed by atoms with van der Waals surface area (Å²) in [7, 11) is 0. The molecule has 0 aromatic heterocycles. The fourth-order valence-corrected chi connectivity index (χ4v) is 3.35. The topological polar surface area (TPSA) is 53.2 Å². The lowest BCUT2D eigenvalue weighted by Crippen LogP contribution is -2.27. The van der Waals surface area contributed by atoms with E-state index in [1.54, 1.807) is 0 Å². The lowest BCUT2D eigenvalue weighted by atomic mass is 9.86. The number of hydrogen-bond acceptors (Lipinski definition) is 3. The maximum absolute atomic E-state index is 12.0. The van der Waals surface area contributed by atoms with E-state index in [9.17, 15) is 4.79 Å². The van der Waals surface area contributed by atoms with Crippen LogP contribution in [0.4, 0.5) is 17.1 Å². The third kappa shape index (κ3) is 1.51. The quantitative estimate of drug-likeness (QED) is 0.686. The Labute approximate surface area is 118 Å². The van der Waals surface area contributed by atoms with E-state index in [1.165, 1.54) is 24.8 Å². The zero-order chi connectivity index (χ0) is 13.9. The van der Waals surface area contributed by atoms with Gasteiger partial charge >= 0.3 is 0 Å². The Hall–Kier alpha value is -1.97. The highest BCUT2D eigenvalue weighted by atomic mass is 16.2. The van der Waals surface area contributed by atoms with Crippen molar-refractivity contribution in [3.63, 3.8) is 0 Å². The van der Waals surface area contributed by atoms with E-state index in [0.29, 0.717) is 0 Å². The molecule has 0 fully saturated rings. The first-order chi connectivity index (χ1) is 9.55. The third-order valence-corrected chi connectivity index (χ3v) is 4.69. The number of benzene rings is 1. The maximum Gasteiger partial charge on any atom is 0.234 e. The fraction of sp³-hybridized carbons (Fsp3) is 0.438. The highest BCUT2D eigenvalue weighted by Crippen LogP contribution is 2.44. The standard InChI is InChI=1S/C16H19N3O/c1-16(2)10-7-12-13(8-11(10)19-15(16)20)18-14(17-12)9-5-3-4-6-9/h5,7-8,14,17-18H,3-4,6H2,1-2H3,(H,19,20). The number of rotatable bonds is 1. The average Bonchev–Trinajstić information content (AvgIpc) is 3.08. The number of carbonyl (C=O) groups is 1. The van der Waals surface area contributed by atoms with Crippen LogP contribution in [-0.2, 0) is 10.2 Å². The zero-order valence-corrected chi connectivity index (χ0v) is 11.8. The molecular weight excluding hydrogens is 250 g/mol. The Morgan fingerprint density at radius 1 is 1.15 bits per heavy atom. The Kier molecular flexibility index (Phi) is 2.23. The molecule has 0 radical (unpaired) electrons. The molecule has 1 aromatic carbocycles. The predicted octanol–water partition coefficient (Wildman–Crippen LogP) is 3.19. The maximum atomic E-state index is 12.0. The number of carbonyl (C=O) groups excluding carboxylic acids is 1. The van der Waals surface area contributed by atoms with Crippen molar-refractivity contribution in [1.82, 2.24) is 0 Å². The molecule has 4 rings (SSSR count). The van der Waals surface area contributed by atoms with Gasteiger partial charge in [-0.1, -0.05) is 6.08 Å². The first-order valence-corrected chi connectivity index (χ1v) is 7.28. The van der Waals surface area contributed by atoms with E-state index in [0.717, 1.165) is 22.6 Å². The lowest BCUT2D eigenvalue weighted by Gasteiger charge is -2.15. The van der Waals surface area contributed by atoms with E-state index in [2.05, 4.69) is 34.2 Å². The largest absolute Gasteiger partial charge is 0.360 e. The summed E-state index contributed by atoms with van der Waals surface area (Å²) in [5.74, 6) is 0.0752. The van der Waals surface area contributed by atoms with Crippen molar-refractivity contribution in [3.8, 4) is 0 Å². The molecule has 1 unspecified atom stereocenters. The molecule has 1 aromatic rings. The van der Waals surface area contributed by atoms with E-state index < -0.39 is 5.41 Å². The molecule has 3 aliphatic rings. The van der Waals surface area contributed by atoms with Crippen molar-refractivity contribution >= 4 is 23.0 Å². The molecule has 4 nitrogen and oxygen atoms in total. The van der Waals surface area contributed by atoms with Crippen molar-refractivity contribution < 1.29 is 4.79 Å². The first kappa shape index (κ1) is 11.8. The summed E-state index contributed by atoms with van der Waals surface area (Å²) in [5, 5.41) is 10.0. The highest BCUT2D eigenvalue weighted by Gasteiger charge is 2.40. The predicted molar refractivity (Wildman–Crippen MR) is 81.1 cm³/mol. The first-order valence-electron chi connectivity index (χ1n) is 7.28. The van der Waals surface area contributed by atoms with Crippen LogP contribution < -0.4 is 16.0 Å². The Bertz CT molecular complexity index is 645. The zero-order valence-electron chi connectivity index (χ0n) is 11.8. The molecule has 0 bridgehead atoms. The Balaban J connectivity index is 1.70. The summed E-state index contributed by atoms with van der Waals surface area (Å²) in [4.78, 5) is 12.0. The van der Waals surface area contributed by atoms with Crippen molar-refractivity contribution in [1.29, 1.82) is 0 Å². The van der Waals surface area contributed by atoms with Gasteiger partial charge in [0.1, 0.15) is 6.17 Å². The molecule has 1 aliphatic carbocycles. The van der Waals surface area contributed by atoms with Gasteiger partial charge in [-0.3, -0.25) is 4.79 Å². The SMILES string of the molecule is CC1(C)C(=O)Nc2cc3c(cc21)NC(C1=CCCC1)N3. The molecule has 0 saturated heterocycles. The van der Waals surface area contributed by atoms with Crippen LogP contribution in [0.2, 0.25) is 0 Å². The molecule has 2 heterocycles. The van der Waals surface area contributed by atoms with E-state index in [4.69, 9.17) is 0 Å². The van der Waals surface area contributed by atoms with Crippen LogP contribution in [0.5, 0.6) is 0 Å². The molecule has 2 aliphatic heterocycles. The molecule has 1 atom stereocenters. The minimum absolute atomic E-state index is 0.0752. The van der Waals surface area contributed by atoms with Crippen molar-refractivity contribution in [2.75, 3.05) is 16.0 Å². The monoisotopic (exact) mass is 269 g/mol. The minimum atomic E-state index is -0.448. The van der Waals surface area contributed by atoms with E-state index >= 15 is 0 Å². The smallest absolute Gasteiger partial charge is 0.234 e. The van der Waals surface area contributed by atoms with Crippen LogP contribution in [0.15, 0.2) is 23.8 Å². The van der Waals surface area contributed by atoms with E-state index in [-0.39, 0.29) is 12.1 Å². The number of hydrogen-bond donors (Lipinski definition) is 3. The minimum Gasteiger partial charge on any atom is -0.360 e. The summed E-state index contributed by atoms with van der Waals surface area (Å²) in [6.45, 7) is 3.94. The number of amides is 1. The second-order valence-corrected chi connectivity index (χ2v) is 6.42.